The zero-order valence-corrected chi connectivity index (χ0v) is 24.2. The number of benzene rings is 1. The number of carbonyl (C=O) groups excluding carboxylic acids is 3. The number of nitrogens with one attached hydrogen (secondary N) is 4. The number of aromatic nitrogens is 1. The van der Waals surface area contributed by atoms with Crippen LogP contribution in [0, 0.1) is 5.92 Å². The van der Waals surface area contributed by atoms with Crippen molar-refractivity contribution in [3.63, 3.8) is 0 Å². The van der Waals surface area contributed by atoms with Gasteiger partial charge < -0.3 is 43.2 Å². The molecule has 1 heterocycles. The molecule has 4 atom stereocenters. The molecule has 12 nitrogen and oxygen atoms in total. The Morgan fingerprint density at radius 2 is 1.41 bits per heavy atom. The summed E-state index contributed by atoms with van der Waals surface area (Å²) < 4.78 is 0. The summed E-state index contributed by atoms with van der Waals surface area (Å²) in [6.45, 7) is 4.73. The van der Waals surface area contributed by atoms with Gasteiger partial charge in [-0.15, -0.1) is 0 Å². The van der Waals surface area contributed by atoms with Crippen LogP contribution in [0.4, 0.5) is 0 Å². The van der Waals surface area contributed by atoms with Crippen molar-refractivity contribution >= 4 is 34.6 Å². The van der Waals surface area contributed by atoms with Gasteiger partial charge >= 0.3 is 5.97 Å². The Morgan fingerprint density at radius 1 is 0.829 bits per heavy atom. The molecule has 1 aromatic heterocycles. The third kappa shape index (κ3) is 11.1. The fraction of sp³-hybridized carbons (Fsp3) is 0.586. The van der Waals surface area contributed by atoms with E-state index in [9.17, 15) is 24.3 Å². The van der Waals surface area contributed by atoms with Gasteiger partial charge in [0, 0.05) is 23.5 Å². The minimum absolute atomic E-state index is 0.0178. The Morgan fingerprint density at radius 3 is 2.05 bits per heavy atom. The molecule has 228 valence electrons. The first kappa shape index (κ1) is 33.7. The van der Waals surface area contributed by atoms with Gasteiger partial charge in [0.15, 0.2) is 0 Å². The van der Waals surface area contributed by atoms with Gasteiger partial charge in [0.2, 0.25) is 17.7 Å². The first-order valence-corrected chi connectivity index (χ1v) is 14.4. The van der Waals surface area contributed by atoms with Gasteiger partial charge in [-0.3, -0.25) is 14.4 Å². The van der Waals surface area contributed by atoms with Crippen LogP contribution in [0.5, 0.6) is 0 Å². The molecule has 2 rings (SSSR count). The van der Waals surface area contributed by atoms with E-state index < -0.39 is 47.9 Å². The lowest BCUT2D eigenvalue weighted by molar-refractivity contribution is -0.142. The maximum atomic E-state index is 13.4. The topological polar surface area (TPSA) is 218 Å². The molecular formula is C29H47N7O5. The van der Waals surface area contributed by atoms with Crippen LogP contribution >= 0.6 is 0 Å². The number of hydrogen-bond donors (Lipinski definition) is 8. The molecule has 4 unspecified atom stereocenters. The summed E-state index contributed by atoms with van der Waals surface area (Å²) in [5.41, 5.74) is 18.8. The summed E-state index contributed by atoms with van der Waals surface area (Å²) in [6.07, 6.45) is 5.50. The van der Waals surface area contributed by atoms with Crippen LogP contribution in [0.2, 0.25) is 0 Å². The number of unbranched alkanes of at least 4 members (excludes halogenated alkanes) is 2. The summed E-state index contributed by atoms with van der Waals surface area (Å²) in [5, 5.41) is 18.8. The fourth-order valence-electron chi connectivity index (χ4n) is 4.65. The molecule has 3 amide bonds. The summed E-state index contributed by atoms with van der Waals surface area (Å²) in [6, 6.07) is 3.58. The van der Waals surface area contributed by atoms with Gasteiger partial charge in [-0.2, -0.15) is 0 Å². The van der Waals surface area contributed by atoms with Crippen LogP contribution in [-0.4, -0.2) is 71.0 Å². The number of nitrogens with two attached hydrogens (primary N) is 3. The average molecular weight is 574 g/mol. The number of H-pyrrole nitrogens is 1. The van der Waals surface area contributed by atoms with Crippen molar-refractivity contribution in [2.24, 2.45) is 23.1 Å². The smallest absolute Gasteiger partial charge is 0.326 e. The molecule has 0 fully saturated rings. The number of rotatable bonds is 19. The van der Waals surface area contributed by atoms with E-state index in [-0.39, 0.29) is 18.8 Å². The Balaban J connectivity index is 2.14. The highest BCUT2D eigenvalue weighted by atomic mass is 16.4. The highest BCUT2D eigenvalue weighted by Crippen LogP contribution is 2.19. The molecule has 1 aromatic carbocycles. The highest BCUT2D eigenvalue weighted by molar-refractivity contribution is 5.94. The number of fused-ring (bicyclic) bond motifs is 1. The minimum Gasteiger partial charge on any atom is -0.480 e. The Labute approximate surface area is 241 Å². The number of carboxylic acid groups (broad SMARTS) is 1. The standard InChI is InChI=1S/C29H47N7O5/c1-18(2)15-24(28(39)36-25(29(40)41)16-19-17-33-22-11-4-3-9-20(19)22)35-27(38)23(12-6-8-14-31)34-26(37)21(32)10-5-7-13-30/h3-4,9,11,17-18,21,23-25,33H,5-8,10,12-16,30-32H2,1-2H3,(H,34,37)(H,35,38)(H,36,39)(H,40,41). The first-order chi connectivity index (χ1) is 19.6. The summed E-state index contributed by atoms with van der Waals surface area (Å²) in [4.78, 5) is 54.7. The highest BCUT2D eigenvalue weighted by Gasteiger charge is 2.31. The second kappa shape index (κ2) is 17.4. The predicted octanol–water partition coefficient (Wildman–Crippen LogP) is 0.881. The summed E-state index contributed by atoms with van der Waals surface area (Å²) in [7, 11) is 0. The van der Waals surface area contributed by atoms with E-state index in [1.54, 1.807) is 6.20 Å². The number of aliphatic carboxylic acids is 1. The van der Waals surface area contributed by atoms with Gasteiger partial charge in [-0.1, -0.05) is 38.5 Å². The molecule has 0 radical (unpaired) electrons. The van der Waals surface area contributed by atoms with Crippen LogP contribution < -0.4 is 33.2 Å². The fourth-order valence-corrected chi connectivity index (χ4v) is 4.65. The number of carbonyl (C=O) groups is 4. The van der Waals surface area contributed by atoms with Gasteiger partial charge in [0.1, 0.15) is 18.1 Å². The van der Waals surface area contributed by atoms with E-state index in [1.165, 1.54) is 0 Å². The molecule has 41 heavy (non-hydrogen) atoms. The summed E-state index contributed by atoms with van der Waals surface area (Å²) >= 11 is 0. The first-order valence-electron chi connectivity index (χ1n) is 14.4. The predicted molar refractivity (Wildman–Crippen MR) is 159 cm³/mol. The number of carboxylic acids is 1. The zero-order valence-electron chi connectivity index (χ0n) is 24.2. The lowest BCUT2D eigenvalue weighted by Gasteiger charge is -2.26. The van der Waals surface area contributed by atoms with Gasteiger partial charge in [0.05, 0.1) is 6.04 Å². The Kier molecular flexibility index (Phi) is 14.3. The van der Waals surface area contributed by atoms with Crippen molar-refractivity contribution < 1.29 is 24.3 Å². The van der Waals surface area contributed by atoms with Crippen LogP contribution in [0.1, 0.15) is 64.4 Å². The van der Waals surface area contributed by atoms with Crippen LogP contribution in [0.3, 0.4) is 0 Å². The van der Waals surface area contributed by atoms with E-state index >= 15 is 0 Å². The number of para-hydroxylation sites is 1. The van der Waals surface area contributed by atoms with Gasteiger partial charge in [-0.05, 0) is 69.2 Å². The SMILES string of the molecule is CC(C)CC(NC(=O)C(CCCCN)NC(=O)C(N)CCCCN)C(=O)NC(Cc1c[nH]c2ccccc12)C(=O)O. The van der Waals surface area contributed by atoms with Crippen molar-refractivity contribution in [1.82, 2.24) is 20.9 Å². The van der Waals surface area contributed by atoms with Crippen molar-refractivity contribution in [1.29, 1.82) is 0 Å². The van der Waals surface area contributed by atoms with Crippen molar-refractivity contribution in [3.05, 3.63) is 36.0 Å². The van der Waals surface area contributed by atoms with Crippen molar-refractivity contribution in [2.45, 2.75) is 89.4 Å². The quantitative estimate of drug-likeness (QED) is 0.112. The number of aromatic amines is 1. The molecule has 2 aromatic rings. The van der Waals surface area contributed by atoms with E-state index in [0.717, 1.165) is 22.9 Å². The minimum atomic E-state index is -1.21. The van der Waals surface area contributed by atoms with Gasteiger partial charge in [0.25, 0.3) is 0 Å². The molecule has 0 aliphatic rings. The van der Waals surface area contributed by atoms with Crippen molar-refractivity contribution in [2.75, 3.05) is 13.1 Å². The average Bonchev–Trinajstić information content (AvgIpc) is 3.34. The van der Waals surface area contributed by atoms with E-state index in [4.69, 9.17) is 17.2 Å². The van der Waals surface area contributed by atoms with Crippen molar-refractivity contribution in [3.8, 4) is 0 Å². The van der Waals surface area contributed by atoms with Crippen LogP contribution in [-0.2, 0) is 25.6 Å². The summed E-state index contributed by atoms with van der Waals surface area (Å²) in [5.74, 6) is -2.76. The molecular weight excluding hydrogens is 526 g/mol. The van der Waals surface area contributed by atoms with Gasteiger partial charge in [-0.25, -0.2) is 4.79 Å². The van der Waals surface area contributed by atoms with Crippen LogP contribution in [0.25, 0.3) is 10.9 Å². The second-order valence-electron chi connectivity index (χ2n) is 10.9. The number of amides is 3. The van der Waals surface area contributed by atoms with E-state index in [1.807, 2.05) is 38.1 Å². The van der Waals surface area contributed by atoms with E-state index in [2.05, 4.69) is 20.9 Å². The lowest BCUT2D eigenvalue weighted by Crippen LogP contribution is -2.57. The maximum absolute atomic E-state index is 13.4. The second-order valence-corrected chi connectivity index (χ2v) is 10.9. The maximum Gasteiger partial charge on any atom is 0.326 e. The molecule has 0 aliphatic heterocycles. The molecule has 0 saturated carbocycles. The monoisotopic (exact) mass is 573 g/mol. The van der Waals surface area contributed by atoms with Crippen LogP contribution in [0.15, 0.2) is 30.5 Å². The molecule has 0 bridgehead atoms. The molecule has 0 saturated heterocycles. The third-order valence-electron chi connectivity index (χ3n) is 6.94. The third-order valence-corrected chi connectivity index (χ3v) is 6.94. The Hall–Kier alpha value is -3.48. The Bertz CT molecular complexity index is 1140. The lowest BCUT2D eigenvalue weighted by atomic mass is 10.00. The molecule has 11 N–H and O–H groups in total. The molecule has 12 heteroatoms. The largest absolute Gasteiger partial charge is 0.480 e. The normalized spacial score (nSPS) is 14.3. The van der Waals surface area contributed by atoms with E-state index in [0.29, 0.717) is 45.2 Å². The molecule has 0 spiro atoms. The zero-order chi connectivity index (χ0) is 30.4. The molecule has 0 aliphatic carbocycles. The number of hydrogen-bond acceptors (Lipinski definition) is 7.